The molecule has 1 aromatic heterocycles. The Kier molecular flexibility index (Phi) is 13.5. The van der Waals surface area contributed by atoms with Crippen LogP contribution in [0.2, 0.25) is 0 Å². The van der Waals surface area contributed by atoms with Crippen LogP contribution in [0.5, 0.6) is 0 Å². The Bertz CT molecular complexity index is 308. The van der Waals surface area contributed by atoms with Gasteiger partial charge >= 0.3 is 98.1 Å². The average molecular weight is 331 g/mol. The van der Waals surface area contributed by atoms with Gasteiger partial charge in [0, 0.05) is 7.05 Å². The van der Waals surface area contributed by atoms with Crippen LogP contribution in [0.15, 0.2) is 0 Å². The van der Waals surface area contributed by atoms with Gasteiger partial charge in [-0.1, -0.05) is 5.10 Å². The third-order valence-corrected chi connectivity index (χ3v) is 10.3. The number of aromatic amines is 1. The van der Waals surface area contributed by atoms with Crippen molar-refractivity contribution in [2.45, 2.75) is 66.2 Å². The molecule has 0 aliphatic rings. The number of hydrogen-bond donors (Lipinski definition) is 2. The number of tetrazole rings is 1. The first-order chi connectivity index (χ1) is 10.7. The minimum atomic E-state index is -0.832. The monoisotopic (exact) mass is 331 g/mol. The smallest absolute Gasteiger partial charge is 0.240 e. The number of aromatic nitrogens is 4. The van der Waals surface area contributed by atoms with Gasteiger partial charge in [-0.3, -0.25) is 0 Å². The zero-order valence-corrected chi connectivity index (χ0v) is 16.4. The molecule has 0 atom stereocenters. The predicted molar refractivity (Wildman–Crippen MR) is 102 cm³/mol. The molecule has 1 aromatic rings. The van der Waals surface area contributed by atoms with Gasteiger partial charge in [-0.2, -0.15) is 0 Å². The molecular formula is C16H38N5P. The molecular weight excluding hydrogens is 293 g/mol. The van der Waals surface area contributed by atoms with E-state index in [9.17, 15) is 0 Å². The Morgan fingerprint density at radius 2 is 1.41 bits per heavy atom. The van der Waals surface area contributed by atoms with Gasteiger partial charge in [-0.25, -0.2) is 5.10 Å². The van der Waals surface area contributed by atoms with Crippen LogP contribution < -0.4 is 5.32 Å². The molecule has 0 unspecified atom stereocenters. The number of rotatable bonds is 11. The van der Waals surface area contributed by atoms with Crippen LogP contribution >= 0.6 is 7.26 Å². The number of nitrogens with zero attached hydrogens (tertiary/aromatic N) is 3. The van der Waals surface area contributed by atoms with Crippen LogP contribution in [0.3, 0.4) is 0 Å². The van der Waals surface area contributed by atoms with E-state index in [0.29, 0.717) is 5.95 Å². The summed E-state index contributed by atoms with van der Waals surface area (Å²) in [6.45, 7) is 9.49. The Balaban J connectivity index is 0.000000518. The maximum atomic E-state index is 3.51. The molecule has 5 nitrogen and oxygen atoms in total. The first-order valence-corrected chi connectivity index (χ1v) is 11.9. The van der Waals surface area contributed by atoms with Gasteiger partial charge in [0.15, 0.2) is 0 Å². The fourth-order valence-electron chi connectivity index (χ4n) is 2.83. The van der Waals surface area contributed by atoms with Crippen molar-refractivity contribution < 1.29 is 0 Å². The number of nitrogens with one attached hydrogen (secondary N) is 2. The van der Waals surface area contributed by atoms with Crippen molar-refractivity contribution in [3.05, 3.63) is 0 Å². The maximum absolute atomic E-state index is 3.51. The topological polar surface area (TPSA) is 66.5 Å². The van der Waals surface area contributed by atoms with E-state index >= 15 is 0 Å². The summed E-state index contributed by atoms with van der Waals surface area (Å²) in [5.41, 5.74) is 0. The van der Waals surface area contributed by atoms with Crippen LogP contribution in [0, 0.1) is 0 Å². The molecule has 132 valence electrons. The van der Waals surface area contributed by atoms with E-state index in [-0.39, 0.29) is 0 Å². The maximum Gasteiger partial charge on any atom is 0.240 e. The molecule has 0 aliphatic heterocycles. The van der Waals surface area contributed by atoms with Crippen molar-refractivity contribution in [1.29, 1.82) is 0 Å². The molecule has 0 fully saturated rings. The normalized spacial score (nSPS) is 11.7. The van der Waals surface area contributed by atoms with E-state index in [1.807, 2.05) is 0 Å². The molecule has 6 heteroatoms. The van der Waals surface area contributed by atoms with Crippen LogP contribution in [0.25, 0.3) is 0 Å². The second-order valence-electron chi connectivity index (χ2n) is 6.16. The van der Waals surface area contributed by atoms with Gasteiger partial charge in [-0.15, -0.1) is 0 Å². The number of anilines is 1. The Hall–Kier alpha value is -0.700. The Morgan fingerprint density at radius 1 is 0.909 bits per heavy atom. The SMILES string of the molecule is CCCC[PH](CC)(CCCC)CCCC.CNc1nnn[nH]1. The van der Waals surface area contributed by atoms with Gasteiger partial charge in [0.2, 0.25) is 5.95 Å². The molecule has 0 bridgehead atoms. The molecule has 0 saturated carbocycles. The van der Waals surface area contributed by atoms with E-state index < -0.39 is 7.26 Å². The standard InChI is InChI=1S/C14H33P.C2H5N5/c1-5-9-12-15(8-4,13-10-6-2)14-11-7-3;1-3-2-4-6-7-5-2/h15H,5-14H2,1-4H3;1H3,(H2,3,4,5,6,7). The Morgan fingerprint density at radius 3 is 1.64 bits per heavy atom. The van der Waals surface area contributed by atoms with Crippen molar-refractivity contribution >= 4 is 13.2 Å². The van der Waals surface area contributed by atoms with Crippen molar-refractivity contribution in [2.75, 3.05) is 37.0 Å². The van der Waals surface area contributed by atoms with E-state index in [2.05, 4.69) is 53.6 Å². The van der Waals surface area contributed by atoms with Crippen LogP contribution in [-0.4, -0.2) is 52.3 Å². The average Bonchev–Trinajstić information content (AvgIpc) is 3.09. The van der Waals surface area contributed by atoms with E-state index in [1.165, 1.54) is 44.7 Å². The molecule has 1 rings (SSSR count). The Labute approximate surface area is 137 Å². The van der Waals surface area contributed by atoms with Crippen LogP contribution in [0.1, 0.15) is 66.2 Å². The largest absolute Gasteiger partial charge is 0.356 e. The number of hydrogen-bond acceptors (Lipinski definition) is 4. The fourth-order valence-corrected chi connectivity index (χ4v) is 7.95. The molecule has 0 saturated heterocycles. The number of H-pyrrole nitrogens is 1. The zero-order chi connectivity index (χ0) is 16.7. The minimum Gasteiger partial charge on any atom is -0.356 e. The molecule has 0 aromatic carbocycles. The third kappa shape index (κ3) is 9.34. The predicted octanol–water partition coefficient (Wildman–Crippen LogP) is 4.40. The summed E-state index contributed by atoms with van der Waals surface area (Å²) in [6, 6.07) is 0. The molecule has 22 heavy (non-hydrogen) atoms. The molecule has 0 amide bonds. The second kappa shape index (κ2) is 13.9. The number of unbranched alkanes of at least 4 members (excludes halogenated alkanes) is 3. The fraction of sp³-hybridized carbons (Fsp3) is 0.938. The first kappa shape index (κ1) is 21.3. The molecule has 2 N–H and O–H groups in total. The molecule has 0 radical (unpaired) electrons. The summed E-state index contributed by atoms with van der Waals surface area (Å²) >= 11 is 0. The molecule has 0 spiro atoms. The van der Waals surface area contributed by atoms with Crippen molar-refractivity contribution in [3.63, 3.8) is 0 Å². The summed E-state index contributed by atoms with van der Waals surface area (Å²) in [5.74, 6) is 0.583. The summed E-state index contributed by atoms with van der Waals surface area (Å²) < 4.78 is 0. The van der Waals surface area contributed by atoms with E-state index in [4.69, 9.17) is 0 Å². The van der Waals surface area contributed by atoms with Crippen molar-refractivity contribution in [2.24, 2.45) is 0 Å². The quantitative estimate of drug-likeness (QED) is 0.590. The summed E-state index contributed by atoms with van der Waals surface area (Å²) in [4.78, 5) is 0. The van der Waals surface area contributed by atoms with Crippen molar-refractivity contribution in [1.82, 2.24) is 20.6 Å². The first-order valence-electron chi connectivity index (χ1n) is 9.09. The zero-order valence-electron chi connectivity index (χ0n) is 15.4. The minimum absolute atomic E-state index is 0.583. The van der Waals surface area contributed by atoms with Crippen LogP contribution in [0.4, 0.5) is 5.95 Å². The van der Waals surface area contributed by atoms with Gasteiger partial charge < -0.3 is 5.32 Å². The van der Waals surface area contributed by atoms with Crippen molar-refractivity contribution in [3.8, 4) is 0 Å². The van der Waals surface area contributed by atoms with Gasteiger partial charge in [0.05, 0.1) is 0 Å². The third-order valence-electron chi connectivity index (χ3n) is 4.51. The summed E-state index contributed by atoms with van der Waals surface area (Å²) in [5, 5.41) is 15.3. The van der Waals surface area contributed by atoms with E-state index in [1.54, 1.807) is 25.5 Å². The summed E-state index contributed by atoms with van der Waals surface area (Å²) in [7, 11) is 0.906. The van der Waals surface area contributed by atoms with Gasteiger partial charge in [0.1, 0.15) is 0 Å². The summed E-state index contributed by atoms with van der Waals surface area (Å²) in [6.07, 6.45) is 15.0. The molecule has 1 heterocycles. The van der Waals surface area contributed by atoms with Gasteiger partial charge in [0.25, 0.3) is 0 Å². The second-order valence-corrected chi connectivity index (χ2v) is 11.4. The van der Waals surface area contributed by atoms with E-state index in [0.717, 1.165) is 0 Å². The molecule has 0 aliphatic carbocycles. The van der Waals surface area contributed by atoms with Gasteiger partial charge in [-0.05, 0) is 10.4 Å². The van der Waals surface area contributed by atoms with Crippen LogP contribution in [-0.2, 0) is 0 Å².